The molecule has 5 nitrogen and oxygen atoms in total. The van der Waals surface area contributed by atoms with Gasteiger partial charge in [-0.2, -0.15) is 13.2 Å². The van der Waals surface area contributed by atoms with Gasteiger partial charge in [0.2, 0.25) is 0 Å². The SMILES string of the molecule is CC(C)(C)OC(=O)NC1[C@@H]2CC3C[C@H]1CC(CNC(=O)C(F)(F)F)(C3)C2. The molecule has 0 heterocycles. The minimum Gasteiger partial charge on any atom is -0.444 e. The van der Waals surface area contributed by atoms with Crippen molar-refractivity contribution in [3.63, 3.8) is 0 Å². The first-order valence-electron chi connectivity index (χ1n) is 9.21. The number of rotatable bonds is 3. The third-order valence-electron chi connectivity index (χ3n) is 5.96. The first-order chi connectivity index (χ1) is 11.9. The summed E-state index contributed by atoms with van der Waals surface area (Å²) in [4.78, 5) is 23.3. The highest BCUT2D eigenvalue weighted by molar-refractivity contribution is 5.81. The molecule has 4 fully saturated rings. The molecule has 2 amide bonds. The zero-order valence-electron chi connectivity index (χ0n) is 15.4. The zero-order valence-corrected chi connectivity index (χ0v) is 15.4. The predicted octanol–water partition coefficient (Wildman–Crippen LogP) is 3.38. The number of nitrogens with one attached hydrogen (secondary N) is 2. The Bertz CT molecular complexity index is 569. The second-order valence-electron chi connectivity index (χ2n) is 9.32. The van der Waals surface area contributed by atoms with E-state index < -0.39 is 23.8 Å². The largest absolute Gasteiger partial charge is 0.471 e. The highest BCUT2D eigenvalue weighted by Gasteiger charge is 2.56. The molecule has 0 aromatic rings. The summed E-state index contributed by atoms with van der Waals surface area (Å²) in [5.74, 6) is -0.934. The van der Waals surface area contributed by atoms with Gasteiger partial charge in [0.1, 0.15) is 5.60 Å². The number of carbonyl (C=O) groups is 2. The number of amides is 2. The van der Waals surface area contributed by atoms with Crippen LogP contribution in [0.2, 0.25) is 0 Å². The molecule has 0 radical (unpaired) electrons. The summed E-state index contributed by atoms with van der Waals surface area (Å²) < 4.78 is 42.8. The molecule has 5 atom stereocenters. The second kappa shape index (κ2) is 6.30. The Kier molecular flexibility index (Phi) is 4.68. The van der Waals surface area contributed by atoms with Crippen molar-refractivity contribution in [1.29, 1.82) is 0 Å². The lowest BCUT2D eigenvalue weighted by Gasteiger charge is -2.60. The standard InChI is InChI=1S/C18H27F3N2O3/c1-16(2,3)26-15(25)23-13-11-4-10-5-12(13)8-17(6-10,7-11)9-22-14(24)18(19,20)21/h10-13H,4-9H2,1-3H3,(H,22,24)(H,23,25)/t10?,11-,12+,13?,17?. The van der Waals surface area contributed by atoms with Crippen molar-refractivity contribution in [2.75, 3.05) is 6.54 Å². The molecule has 0 spiro atoms. The smallest absolute Gasteiger partial charge is 0.444 e. The zero-order chi connectivity index (χ0) is 19.3. The molecule has 26 heavy (non-hydrogen) atoms. The topological polar surface area (TPSA) is 67.4 Å². The van der Waals surface area contributed by atoms with Crippen molar-refractivity contribution in [3.05, 3.63) is 0 Å². The average molecular weight is 376 g/mol. The molecule has 0 aromatic carbocycles. The van der Waals surface area contributed by atoms with E-state index in [1.807, 2.05) is 20.8 Å². The van der Waals surface area contributed by atoms with E-state index in [9.17, 15) is 22.8 Å². The van der Waals surface area contributed by atoms with Gasteiger partial charge in [-0.1, -0.05) is 0 Å². The maximum Gasteiger partial charge on any atom is 0.471 e. The first kappa shape index (κ1) is 19.3. The third-order valence-corrected chi connectivity index (χ3v) is 5.96. The summed E-state index contributed by atoms with van der Waals surface area (Å²) in [6.07, 6.45) is -0.996. The Balaban J connectivity index is 1.62. The fraction of sp³-hybridized carbons (Fsp3) is 0.889. The van der Waals surface area contributed by atoms with Crippen LogP contribution < -0.4 is 10.6 Å². The summed E-state index contributed by atoms with van der Waals surface area (Å²) in [6.45, 7) is 5.49. The lowest BCUT2D eigenvalue weighted by atomic mass is 9.48. The second-order valence-corrected chi connectivity index (χ2v) is 9.32. The van der Waals surface area contributed by atoms with E-state index in [0.717, 1.165) is 32.1 Å². The number of carbonyl (C=O) groups excluding carboxylic acids is 2. The van der Waals surface area contributed by atoms with Crippen LogP contribution in [0.4, 0.5) is 18.0 Å². The summed E-state index contributed by atoms with van der Waals surface area (Å²) in [5.41, 5.74) is -0.845. The van der Waals surface area contributed by atoms with E-state index in [4.69, 9.17) is 4.74 Å². The molecule has 0 saturated heterocycles. The monoisotopic (exact) mass is 376 g/mol. The van der Waals surface area contributed by atoms with Gasteiger partial charge in [0, 0.05) is 12.6 Å². The van der Waals surface area contributed by atoms with Gasteiger partial charge in [0.25, 0.3) is 0 Å². The van der Waals surface area contributed by atoms with E-state index in [1.165, 1.54) is 0 Å². The lowest BCUT2D eigenvalue weighted by molar-refractivity contribution is -0.175. The van der Waals surface area contributed by atoms with E-state index in [-0.39, 0.29) is 29.8 Å². The van der Waals surface area contributed by atoms with E-state index in [0.29, 0.717) is 5.92 Å². The van der Waals surface area contributed by atoms with Crippen LogP contribution in [-0.2, 0) is 9.53 Å². The maximum absolute atomic E-state index is 12.5. The third kappa shape index (κ3) is 4.09. The highest BCUT2D eigenvalue weighted by Crippen LogP contribution is 2.59. The van der Waals surface area contributed by atoms with Crippen LogP contribution in [-0.4, -0.2) is 36.4 Å². The van der Waals surface area contributed by atoms with Crippen molar-refractivity contribution >= 4 is 12.0 Å². The molecule has 0 aromatic heterocycles. The Morgan fingerprint density at radius 2 is 1.65 bits per heavy atom. The lowest BCUT2D eigenvalue weighted by Crippen LogP contribution is -2.61. The molecule has 4 aliphatic carbocycles. The summed E-state index contributed by atoms with van der Waals surface area (Å²) >= 11 is 0. The Morgan fingerprint density at radius 3 is 2.15 bits per heavy atom. The summed E-state index contributed by atoms with van der Waals surface area (Å²) in [7, 11) is 0. The van der Waals surface area contributed by atoms with Gasteiger partial charge in [0.15, 0.2) is 0 Å². The summed E-state index contributed by atoms with van der Waals surface area (Å²) in [6, 6.07) is 0.00726. The van der Waals surface area contributed by atoms with Crippen molar-refractivity contribution in [2.24, 2.45) is 23.2 Å². The number of ether oxygens (including phenoxy) is 1. The van der Waals surface area contributed by atoms with E-state index in [1.54, 1.807) is 0 Å². The van der Waals surface area contributed by atoms with Gasteiger partial charge in [-0.05, 0) is 76.0 Å². The van der Waals surface area contributed by atoms with E-state index >= 15 is 0 Å². The van der Waals surface area contributed by atoms with Crippen molar-refractivity contribution in [1.82, 2.24) is 10.6 Å². The van der Waals surface area contributed by atoms with Gasteiger partial charge in [-0.25, -0.2) is 4.79 Å². The van der Waals surface area contributed by atoms with Gasteiger partial charge >= 0.3 is 18.2 Å². The number of hydrogen-bond donors (Lipinski definition) is 2. The Labute approximate surface area is 151 Å². The van der Waals surface area contributed by atoms with Crippen LogP contribution in [0.1, 0.15) is 52.9 Å². The average Bonchev–Trinajstić information content (AvgIpc) is 2.45. The van der Waals surface area contributed by atoms with Crippen LogP contribution in [0, 0.1) is 23.2 Å². The minimum atomic E-state index is -4.84. The molecule has 4 bridgehead atoms. The van der Waals surface area contributed by atoms with Crippen LogP contribution in [0.15, 0.2) is 0 Å². The molecular formula is C18H27F3N2O3. The molecule has 2 N–H and O–H groups in total. The normalized spacial score (nSPS) is 35.9. The molecule has 3 unspecified atom stereocenters. The molecule has 4 rings (SSSR count). The van der Waals surface area contributed by atoms with Crippen molar-refractivity contribution < 1.29 is 27.5 Å². The number of hydrogen-bond acceptors (Lipinski definition) is 3. The van der Waals surface area contributed by atoms with E-state index in [2.05, 4.69) is 10.6 Å². The molecule has 4 aliphatic rings. The fourth-order valence-electron chi connectivity index (χ4n) is 5.46. The van der Waals surface area contributed by atoms with Gasteiger partial charge in [-0.3, -0.25) is 4.79 Å². The van der Waals surface area contributed by atoms with Crippen molar-refractivity contribution in [2.45, 2.75) is 70.7 Å². The number of alkyl carbamates (subject to hydrolysis) is 1. The molecule has 0 aliphatic heterocycles. The predicted molar refractivity (Wildman–Crippen MR) is 88.2 cm³/mol. The Morgan fingerprint density at radius 1 is 1.08 bits per heavy atom. The quantitative estimate of drug-likeness (QED) is 0.793. The van der Waals surface area contributed by atoms with Gasteiger partial charge in [0.05, 0.1) is 0 Å². The first-order valence-corrected chi connectivity index (χ1v) is 9.21. The molecule has 8 heteroatoms. The molecule has 148 valence electrons. The molecule has 4 saturated carbocycles. The number of halogens is 3. The van der Waals surface area contributed by atoms with Gasteiger partial charge in [-0.15, -0.1) is 0 Å². The number of alkyl halides is 3. The summed E-state index contributed by atoms with van der Waals surface area (Å²) in [5, 5.41) is 5.09. The van der Waals surface area contributed by atoms with Crippen LogP contribution in [0.5, 0.6) is 0 Å². The van der Waals surface area contributed by atoms with Crippen LogP contribution >= 0.6 is 0 Å². The van der Waals surface area contributed by atoms with Gasteiger partial charge < -0.3 is 15.4 Å². The highest BCUT2D eigenvalue weighted by atomic mass is 19.4. The Hall–Kier alpha value is -1.47. The van der Waals surface area contributed by atoms with Crippen LogP contribution in [0.3, 0.4) is 0 Å². The fourth-order valence-corrected chi connectivity index (χ4v) is 5.46. The maximum atomic E-state index is 12.5. The van der Waals surface area contributed by atoms with Crippen molar-refractivity contribution in [3.8, 4) is 0 Å². The minimum absolute atomic E-state index is 0.00726. The van der Waals surface area contributed by atoms with Crippen LogP contribution in [0.25, 0.3) is 0 Å². The molecular weight excluding hydrogens is 349 g/mol.